The molecule has 248 valence electrons. The van der Waals surface area contributed by atoms with Crippen molar-refractivity contribution >= 4 is 17.5 Å². The van der Waals surface area contributed by atoms with Crippen LogP contribution in [0.4, 0.5) is 5.69 Å². The second-order valence-corrected chi connectivity index (χ2v) is 12.9. The number of benzene rings is 2. The fourth-order valence-corrected chi connectivity index (χ4v) is 5.89. The average Bonchev–Trinajstić information content (AvgIpc) is 3.10. The molecule has 2 heterocycles. The standard InChI is InChI=1S/C38H51N9/c1-4-28-12-10-15-32(23-28)45-36(24-34(41)38(2,3)27-40)44-25-31-13-6-7-16-33(31)30(14-11-19-39)22-29-17-18-35(42)47(26-29)37(43)46-20-8-5-9-21-46/h6-7,10,12-13,15-18,23-24,26,30,42-43H,4-5,8-9,11,14,19-22,25,39,41H2,1-3H3,(H,44,45). The van der Waals surface area contributed by atoms with Crippen molar-refractivity contribution in [3.8, 4) is 6.07 Å². The number of pyridine rings is 1. The van der Waals surface area contributed by atoms with Crippen molar-refractivity contribution in [3.63, 3.8) is 0 Å². The summed E-state index contributed by atoms with van der Waals surface area (Å²) in [7, 11) is 0. The molecule has 0 radical (unpaired) electrons. The second-order valence-electron chi connectivity index (χ2n) is 12.9. The van der Waals surface area contributed by atoms with Crippen LogP contribution in [-0.2, 0) is 19.4 Å². The molecule has 9 nitrogen and oxygen atoms in total. The van der Waals surface area contributed by atoms with E-state index in [2.05, 4.69) is 53.5 Å². The number of piperidine rings is 1. The van der Waals surface area contributed by atoms with Gasteiger partial charge in [-0.3, -0.25) is 20.4 Å². The van der Waals surface area contributed by atoms with Gasteiger partial charge >= 0.3 is 0 Å². The Kier molecular flexibility index (Phi) is 12.5. The fourth-order valence-electron chi connectivity index (χ4n) is 5.89. The number of hydrogen-bond donors (Lipinski definition) is 5. The molecule has 1 saturated heterocycles. The number of aryl methyl sites for hydroxylation is 1. The minimum Gasteiger partial charge on any atom is -0.401 e. The molecule has 4 rings (SSSR count). The van der Waals surface area contributed by atoms with E-state index in [1.165, 1.54) is 17.5 Å². The van der Waals surface area contributed by atoms with Gasteiger partial charge in [-0.2, -0.15) is 5.26 Å². The molecule has 1 aromatic heterocycles. The first-order valence-electron chi connectivity index (χ1n) is 16.8. The summed E-state index contributed by atoms with van der Waals surface area (Å²) in [5, 5.41) is 30.5. The summed E-state index contributed by atoms with van der Waals surface area (Å²) >= 11 is 0. The van der Waals surface area contributed by atoms with E-state index in [1.807, 2.05) is 30.5 Å². The number of hydrogen-bond acceptors (Lipinski definition) is 6. The first-order valence-corrected chi connectivity index (χ1v) is 16.8. The zero-order chi connectivity index (χ0) is 33.8. The third-order valence-electron chi connectivity index (χ3n) is 8.95. The molecule has 1 unspecified atom stereocenters. The van der Waals surface area contributed by atoms with Crippen LogP contribution in [0.2, 0.25) is 0 Å². The molecule has 3 aromatic rings. The molecule has 7 N–H and O–H groups in total. The molecule has 2 aromatic carbocycles. The fraction of sp³-hybridized carbons (Fsp3) is 0.421. The number of aromatic nitrogens is 1. The Labute approximate surface area is 280 Å². The molecule has 1 fully saturated rings. The summed E-state index contributed by atoms with van der Waals surface area (Å²) in [5.74, 6) is 1.15. The Hall–Kier alpha value is -4.68. The van der Waals surface area contributed by atoms with Crippen LogP contribution >= 0.6 is 0 Å². The van der Waals surface area contributed by atoms with Crippen LogP contribution in [0.3, 0.4) is 0 Å². The Balaban J connectivity index is 1.66. The van der Waals surface area contributed by atoms with Gasteiger partial charge in [-0.25, -0.2) is 0 Å². The minimum atomic E-state index is -0.839. The van der Waals surface area contributed by atoms with E-state index < -0.39 is 5.41 Å². The maximum Gasteiger partial charge on any atom is 0.203 e. The lowest BCUT2D eigenvalue weighted by atomic mass is 9.86. The maximum atomic E-state index is 9.70. The van der Waals surface area contributed by atoms with Crippen LogP contribution in [0.25, 0.3) is 0 Å². The predicted octanol–water partition coefficient (Wildman–Crippen LogP) is 6.27. The highest BCUT2D eigenvalue weighted by atomic mass is 15.3. The lowest BCUT2D eigenvalue weighted by molar-refractivity contribution is 0.330. The van der Waals surface area contributed by atoms with Crippen molar-refractivity contribution in [3.05, 3.63) is 106 Å². The van der Waals surface area contributed by atoms with Gasteiger partial charge in [-0.15, -0.1) is 0 Å². The molecule has 0 bridgehead atoms. The Bertz CT molecular complexity index is 1670. The molecule has 47 heavy (non-hydrogen) atoms. The van der Waals surface area contributed by atoms with Crippen molar-refractivity contribution in [2.75, 3.05) is 25.0 Å². The van der Waals surface area contributed by atoms with Gasteiger partial charge in [-0.1, -0.05) is 49.4 Å². The number of nitriles is 1. The minimum absolute atomic E-state index is 0.176. The van der Waals surface area contributed by atoms with E-state index in [9.17, 15) is 5.26 Å². The molecular formula is C38H51N9. The second kappa shape index (κ2) is 16.8. The first kappa shape index (κ1) is 35.2. The third-order valence-corrected chi connectivity index (χ3v) is 8.95. The monoisotopic (exact) mass is 633 g/mol. The maximum absolute atomic E-state index is 9.70. The highest BCUT2D eigenvalue weighted by Crippen LogP contribution is 2.29. The lowest BCUT2D eigenvalue weighted by Gasteiger charge is -2.30. The topological polar surface area (TPSA) is 156 Å². The Morgan fingerprint density at radius 3 is 2.57 bits per heavy atom. The van der Waals surface area contributed by atoms with Crippen LogP contribution in [0.5, 0.6) is 0 Å². The summed E-state index contributed by atoms with van der Waals surface area (Å²) in [5.41, 5.74) is 17.9. The Morgan fingerprint density at radius 1 is 1.09 bits per heavy atom. The van der Waals surface area contributed by atoms with Gasteiger partial charge in [0.25, 0.3) is 0 Å². The van der Waals surface area contributed by atoms with E-state index in [1.54, 1.807) is 30.6 Å². The molecule has 0 spiro atoms. The quantitative estimate of drug-likeness (QED) is 0.117. The van der Waals surface area contributed by atoms with Gasteiger partial charge in [0.15, 0.2) is 0 Å². The van der Waals surface area contributed by atoms with Gasteiger partial charge in [0, 0.05) is 36.7 Å². The molecule has 9 heteroatoms. The molecule has 1 atom stereocenters. The van der Waals surface area contributed by atoms with Crippen molar-refractivity contribution in [2.24, 2.45) is 21.9 Å². The summed E-state index contributed by atoms with van der Waals surface area (Å²) in [6, 6.07) is 22.7. The molecule has 1 aliphatic rings. The van der Waals surface area contributed by atoms with Gasteiger partial charge < -0.3 is 21.7 Å². The van der Waals surface area contributed by atoms with E-state index in [4.69, 9.17) is 27.3 Å². The van der Waals surface area contributed by atoms with Crippen LogP contribution in [0, 0.1) is 27.6 Å². The molecular weight excluding hydrogens is 582 g/mol. The number of aliphatic imine (C=N–C) groups is 1. The van der Waals surface area contributed by atoms with Crippen molar-refractivity contribution in [1.82, 2.24) is 9.47 Å². The molecule has 0 saturated carbocycles. The van der Waals surface area contributed by atoms with Gasteiger partial charge in [0.2, 0.25) is 5.96 Å². The van der Waals surface area contributed by atoms with Crippen molar-refractivity contribution in [1.29, 1.82) is 16.1 Å². The predicted molar refractivity (Wildman–Crippen MR) is 192 cm³/mol. The summed E-state index contributed by atoms with van der Waals surface area (Å²) in [4.78, 5) is 7.09. The van der Waals surface area contributed by atoms with Crippen molar-refractivity contribution in [2.45, 2.75) is 78.2 Å². The smallest absolute Gasteiger partial charge is 0.203 e. The zero-order valence-corrected chi connectivity index (χ0v) is 28.2. The highest BCUT2D eigenvalue weighted by molar-refractivity contribution is 6.04. The van der Waals surface area contributed by atoms with E-state index in [-0.39, 0.29) is 5.92 Å². The zero-order valence-electron chi connectivity index (χ0n) is 28.2. The summed E-state index contributed by atoms with van der Waals surface area (Å²) in [6.07, 6.45) is 10.6. The number of nitrogens with two attached hydrogens (primary N) is 2. The number of amidine groups is 1. The normalized spacial score (nSPS) is 14.8. The highest BCUT2D eigenvalue weighted by Gasteiger charge is 2.22. The number of nitrogens with zero attached hydrogens (tertiary/aromatic N) is 4. The largest absolute Gasteiger partial charge is 0.401 e. The number of anilines is 1. The SMILES string of the molecule is CCc1cccc(NC(C=C(N)C(C)(C)C#N)=NCc2ccccc2C(CCCN)Cc2ccc(=N)n(C(=N)N3CCCCC3)c2)c1. The average molecular weight is 634 g/mol. The van der Waals surface area contributed by atoms with E-state index >= 15 is 0 Å². The molecule has 1 aliphatic heterocycles. The number of rotatable bonds is 12. The van der Waals surface area contributed by atoms with Crippen LogP contribution in [-0.4, -0.2) is 40.9 Å². The third kappa shape index (κ3) is 9.66. The van der Waals surface area contributed by atoms with Crippen LogP contribution in [0.1, 0.15) is 81.0 Å². The number of allylic oxidation sites excluding steroid dienone is 1. The van der Waals surface area contributed by atoms with E-state index in [0.717, 1.165) is 68.4 Å². The first-order chi connectivity index (χ1) is 22.6. The summed E-state index contributed by atoms with van der Waals surface area (Å²) < 4.78 is 1.71. The Morgan fingerprint density at radius 2 is 1.85 bits per heavy atom. The van der Waals surface area contributed by atoms with Crippen LogP contribution < -0.4 is 22.3 Å². The lowest BCUT2D eigenvalue weighted by Crippen LogP contribution is -2.43. The number of nitrogens with one attached hydrogen (secondary N) is 3. The van der Waals surface area contributed by atoms with Gasteiger partial charge in [0.05, 0.1) is 18.0 Å². The van der Waals surface area contributed by atoms with Gasteiger partial charge in [0.1, 0.15) is 11.3 Å². The molecule has 0 amide bonds. The summed E-state index contributed by atoms with van der Waals surface area (Å²) in [6.45, 7) is 8.47. The van der Waals surface area contributed by atoms with Gasteiger partial charge in [-0.05, 0) is 112 Å². The van der Waals surface area contributed by atoms with Crippen LogP contribution in [0.15, 0.2) is 83.6 Å². The molecule has 0 aliphatic carbocycles. The number of likely N-dealkylation sites (tertiary alicyclic amines) is 1. The van der Waals surface area contributed by atoms with Crippen molar-refractivity contribution < 1.29 is 0 Å². The van der Waals surface area contributed by atoms with E-state index in [0.29, 0.717) is 36.1 Å².